The van der Waals surface area contributed by atoms with Crippen LogP contribution in [0.3, 0.4) is 0 Å². The van der Waals surface area contributed by atoms with Gasteiger partial charge in [-0.15, -0.1) is 0 Å². The summed E-state index contributed by atoms with van der Waals surface area (Å²) in [7, 11) is 0. The molecule has 3 aliphatic rings. The van der Waals surface area contributed by atoms with Crippen LogP contribution in [-0.2, 0) is 14.4 Å². The third kappa shape index (κ3) is 3.56. The molecule has 7 nitrogen and oxygen atoms in total. The highest BCUT2D eigenvalue weighted by Gasteiger charge is 2.51. The zero-order valence-electron chi connectivity index (χ0n) is 15.7. The number of rotatable bonds is 3. The lowest BCUT2D eigenvalue weighted by Gasteiger charge is -2.36. The Morgan fingerprint density at radius 1 is 1.15 bits per heavy atom. The van der Waals surface area contributed by atoms with E-state index in [4.69, 9.17) is 0 Å². The van der Waals surface area contributed by atoms with Crippen LogP contribution in [0, 0.1) is 12.3 Å². The van der Waals surface area contributed by atoms with Gasteiger partial charge in [0.1, 0.15) is 0 Å². The number of nitrogens with one attached hydrogen (secondary N) is 1. The van der Waals surface area contributed by atoms with E-state index in [9.17, 15) is 14.4 Å². The van der Waals surface area contributed by atoms with Crippen molar-refractivity contribution in [2.24, 2.45) is 5.41 Å². The summed E-state index contributed by atoms with van der Waals surface area (Å²) >= 11 is 0. The molecular formula is C20H26N4O3. The highest BCUT2D eigenvalue weighted by atomic mass is 16.2. The van der Waals surface area contributed by atoms with Crippen LogP contribution in [0.5, 0.6) is 0 Å². The van der Waals surface area contributed by atoms with Crippen LogP contribution in [0.4, 0.5) is 5.69 Å². The molecule has 4 rings (SSSR count). The van der Waals surface area contributed by atoms with E-state index < -0.39 is 5.41 Å². The maximum atomic E-state index is 12.7. The van der Waals surface area contributed by atoms with Crippen molar-refractivity contribution in [3.8, 4) is 0 Å². The van der Waals surface area contributed by atoms with Gasteiger partial charge in [-0.3, -0.25) is 24.6 Å². The van der Waals surface area contributed by atoms with E-state index in [1.54, 1.807) is 4.90 Å². The Morgan fingerprint density at radius 3 is 2.59 bits per heavy atom. The fourth-order valence-corrected chi connectivity index (χ4v) is 4.39. The van der Waals surface area contributed by atoms with Crippen LogP contribution in [-0.4, -0.2) is 73.3 Å². The third-order valence-corrected chi connectivity index (χ3v) is 6.04. The van der Waals surface area contributed by atoms with Crippen molar-refractivity contribution in [3.05, 3.63) is 29.8 Å². The Labute approximate surface area is 159 Å². The molecule has 7 heteroatoms. The maximum absolute atomic E-state index is 12.7. The highest BCUT2D eigenvalue weighted by Crippen LogP contribution is 2.37. The summed E-state index contributed by atoms with van der Waals surface area (Å²) in [5, 5.41) is 2.38. The minimum atomic E-state index is -0.684. The molecule has 3 saturated heterocycles. The van der Waals surface area contributed by atoms with Crippen molar-refractivity contribution in [1.29, 1.82) is 0 Å². The smallest absolute Gasteiger partial charge is 0.236 e. The second-order valence-corrected chi connectivity index (χ2v) is 8.00. The largest absolute Gasteiger partial charge is 0.369 e. The molecule has 0 saturated carbocycles. The molecule has 0 aromatic heterocycles. The quantitative estimate of drug-likeness (QED) is 0.779. The number of aryl methyl sites for hydroxylation is 1. The van der Waals surface area contributed by atoms with Crippen molar-refractivity contribution in [3.63, 3.8) is 0 Å². The first-order chi connectivity index (χ1) is 12.9. The molecule has 3 fully saturated rings. The van der Waals surface area contributed by atoms with Gasteiger partial charge < -0.3 is 9.80 Å². The van der Waals surface area contributed by atoms with E-state index >= 15 is 0 Å². The van der Waals surface area contributed by atoms with Crippen LogP contribution in [0.25, 0.3) is 0 Å². The summed E-state index contributed by atoms with van der Waals surface area (Å²) in [6.45, 7) is 6.90. The third-order valence-electron chi connectivity index (χ3n) is 6.04. The Kier molecular flexibility index (Phi) is 4.63. The van der Waals surface area contributed by atoms with Crippen LogP contribution in [0.1, 0.15) is 18.4 Å². The average Bonchev–Trinajstić information content (AvgIpc) is 3.19. The predicted molar refractivity (Wildman–Crippen MR) is 101 cm³/mol. The molecule has 1 atom stereocenters. The van der Waals surface area contributed by atoms with Crippen LogP contribution in [0.15, 0.2) is 24.3 Å². The topological polar surface area (TPSA) is 73.0 Å². The van der Waals surface area contributed by atoms with Gasteiger partial charge in [-0.2, -0.15) is 0 Å². The zero-order valence-corrected chi connectivity index (χ0v) is 15.7. The molecule has 0 radical (unpaired) electrons. The Morgan fingerprint density at radius 2 is 1.93 bits per heavy atom. The first-order valence-corrected chi connectivity index (χ1v) is 9.61. The summed E-state index contributed by atoms with van der Waals surface area (Å²) in [6, 6.07) is 8.50. The number of amides is 3. The molecule has 27 heavy (non-hydrogen) atoms. The van der Waals surface area contributed by atoms with E-state index in [-0.39, 0.29) is 24.1 Å². The average molecular weight is 370 g/mol. The number of hydrogen-bond donors (Lipinski definition) is 1. The lowest BCUT2D eigenvalue weighted by atomic mass is 9.85. The SMILES string of the molecule is Cc1cccc(N2CCN(CC(=O)N3CC[C@]4(CC(=O)NC4=O)C3)CC2)c1. The van der Waals surface area contributed by atoms with Crippen molar-refractivity contribution < 1.29 is 14.4 Å². The zero-order chi connectivity index (χ0) is 19.0. The molecule has 144 valence electrons. The molecule has 1 aromatic carbocycles. The number of anilines is 1. The van der Waals surface area contributed by atoms with E-state index in [0.29, 0.717) is 26.1 Å². The number of carbonyl (C=O) groups excluding carboxylic acids is 3. The number of benzene rings is 1. The minimum Gasteiger partial charge on any atom is -0.369 e. The first kappa shape index (κ1) is 18.0. The van der Waals surface area contributed by atoms with Gasteiger partial charge >= 0.3 is 0 Å². The normalized spacial score (nSPS) is 26.1. The van der Waals surface area contributed by atoms with Gasteiger partial charge in [-0.05, 0) is 31.0 Å². The fourth-order valence-electron chi connectivity index (χ4n) is 4.39. The van der Waals surface area contributed by atoms with Gasteiger partial charge in [0.25, 0.3) is 0 Å². The van der Waals surface area contributed by atoms with Crippen LogP contribution >= 0.6 is 0 Å². The summed E-state index contributed by atoms with van der Waals surface area (Å²) < 4.78 is 0. The van der Waals surface area contributed by atoms with E-state index in [1.807, 2.05) is 0 Å². The fraction of sp³-hybridized carbons (Fsp3) is 0.550. The van der Waals surface area contributed by atoms with E-state index in [2.05, 4.69) is 46.3 Å². The van der Waals surface area contributed by atoms with Gasteiger partial charge in [0, 0.05) is 51.4 Å². The second kappa shape index (κ2) is 6.96. The molecule has 3 amide bonds. The number of nitrogens with zero attached hydrogens (tertiary/aromatic N) is 3. The van der Waals surface area contributed by atoms with Gasteiger partial charge in [-0.1, -0.05) is 12.1 Å². The molecule has 3 aliphatic heterocycles. The summed E-state index contributed by atoms with van der Waals surface area (Å²) in [5.41, 5.74) is 1.80. The number of hydrogen-bond acceptors (Lipinski definition) is 5. The molecular weight excluding hydrogens is 344 g/mol. The Balaban J connectivity index is 1.29. The van der Waals surface area contributed by atoms with Gasteiger partial charge in [0.05, 0.1) is 12.0 Å². The van der Waals surface area contributed by atoms with Gasteiger partial charge in [0.15, 0.2) is 0 Å². The monoisotopic (exact) mass is 370 g/mol. The highest BCUT2D eigenvalue weighted by molar-refractivity contribution is 6.06. The Bertz CT molecular complexity index is 772. The Hall–Kier alpha value is -2.41. The van der Waals surface area contributed by atoms with Crippen molar-refractivity contribution in [2.45, 2.75) is 19.8 Å². The number of carbonyl (C=O) groups is 3. The van der Waals surface area contributed by atoms with Gasteiger partial charge in [-0.25, -0.2) is 0 Å². The number of likely N-dealkylation sites (tertiary alicyclic amines) is 1. The summed E-state index contributed by atoms with van der Waals surface area (Å²) in [6.07, 6.45) is 0.794. The predicted octanol–water partition coefficient (Wildman–Crippen LogP) is 0.382. The molecule has 0 aliphatic carbocycles. The summed E-state index contributed by atoms with van der Waals surface area (Å²) in [4.78, 5) is 42.6. The molecule has 1 spiro atoms. The molecule has 3 heterocycles. The molecule has 0 unspecified atom stereocenters. The van der Waals surface area contributed by atoms with Gasteiger partial charge in [0.2, 0.25) is 17.7 Å². The van der Waals surface area contributed by atoms with E-state index in [0.717, 1.165) is 26.2 Å². The molecule has 1 aromatic rings. The standard InChI is InChI=1S/C20H26N4O3/c1-15-3-2-4-16(11-15)23-9-7-22(8-10-23)13-18(26)24-6-5-20(14-24)12-17(25)21-19(20)27/h2-4,11H,5-10,12-14H2,1H3,(H,21,25,27)/t20-/m0/s1. The maximum Gasteiger partial charge on any atom is 0.236 e. The van der Waals surface area contributed by atoms with Crippen LogP contribution in [0.2, 0.25) is 0 Å². The minimum absolute atomic E-state index is 0.0584. The van der Waals surface area contributed by atoms with Crippen molar-refractivity contribution >= 4 is 23.4 Å². The lowest BCUT2D eigenvalue weighted by Crippen LogP contribution is -2.50. The number of piperazine rings is 1. The lowest BCUT2D eigenvalue weighted by molar-refractivity contribution is -0.132. The summed E-state index contributed by atoms with van der Waals surface area (Å²) in [5.74, 6) is -0.376. The van der Waals surface area contributed by atoms with Crippen molar-refractivity contribution in [1.82, 2.24) is 15.1 Å². The number of imide groups is 1. The van der Waals surface area contributed by atoms with Crippen LogP contribution < -0.4 is 10.2 Å². The molecule has 0 bridgehead atoms. The first-order valence-electron chi connectivity index (χ1n) is 9.61. The van der Waals surface area contributed by atoms with Crippen molar-refractivity contribution in [2.75, 3.05) is 50.7 Å². The second-order valence-electron chi connectivity index (χ2n) is 8.00. The molecule has 1 N–H and O–H groups in total. The van der Waals surface area contributed by atoms with E-state index in [1.165, 1.54) is 11.3 Å².